The number of carbonyl (C=O) groups is 3. The number of Topliss-reactive ketones (excluding diaryl/α,β-unsaturated/α-hetero) is 1. The average Bonchev–Trinajstić information content (AvgIpc) is 3.06. The number of ether oxygens (including phenoxy) is 1. The zero-order valence-corrected chi connectivity index (χ0v) is 25.0. The van der Waals surface area contributed by atoms with Crippen LogP contribution in [0.3, 0.4) is 0 Å². The minimum atomic E-state index is -1.24. The number of alkyl halides is 1. The molecule has 228 valence electrons. The Balaban J connectivity index is 1.09. The van der Waals surface area contributed by atoms with Crippen molar-refractivity contribution < 1.29 is 23.5 Å². The number of halogens is 1. The van der Waals surface area contributed by atoms with Crippen LogP contribution in [-0.2, 0) is 6.54 Å². The summed E-state index contributed by atoms with van der Waals surface area (Å²) >= 11 is 0. The van der Waals surface area contributed by atoms with Crippen LogP contribution in [0.25, 0.3) is 0 Å². The van der Waals surface area contributed by atoms with Gasteiger partial charge >= 0.3 is 0 Å². The molecule has 10 heteroatoms. The third-order valence-corrected chi connectivity index (χ3v) is 8.58. The van der Waals surface area contributed by atoms with Crippen LogP contribution in [0, 0.1) is 24.2 Å². The molecule has 44 heavy (non-hydrogen) atoms. The minimum absolute atomic E-state index is 0.0656. The second kappa shape index (κ2) is 13.8. The molecule has 2 aliphatic heterocycles. The predicted octanol–water partition coefficient (Wildman–Crippen LogP) is 4.35. The molecule has 2 aromatic carbocycles. The summed E-state index contributed by atoms with van der Waals surface area (Å²) in [5.41, 5.74) is 3.75. The van der Waals surface area contributed by atoms with Crippen LogP contribution >= 0.6 is 0 Å². The molecular weight excluding hydrogens is 561 g/mol. The van der Waals surface area contributed by atoms with Crippen molar-refractivity contribution in [2.24, 2.45) is 5.92 Å². The lowest BCUT2D eigenvalue weighted by Gasteiger charge is -2.35. The molecule has 2 unspecified atom stereocenters. The fourth-order valence-corrected chi connectivity index (χ4v) is 5.86. The molecule has 0 aliphatic carbocycles. The van der Waals surface area contributed by atoms with E-state index in [0.717, 1.165) is 11.1 Å². The van der Waals surface area contributed by atoms with Crippen LogP contribution in [0.2, 0.25) is 0 Å². The summed E-state index contributed by atoms with van der Waals surface area (Å²) in [7, 11) is 1.58. The quantitative estimate of drug-likeness (QED) is 0.384. The highest BCUT2D eigenvalue weighted by Crippen LogP contribution is 2.24. The van der Waals surface area contributed by atoms with Gasteiger partial charge in [-0.25, -0.2) is 4.39 Å². The minimum Gasteiger partial charge on any atom is -0.497 e. The van der Waals surface area contributed by atoms with E-state index in [1.807, 2.05) is 24.0 Å². The molecule has 0 saturated carbocycles. The fraction of sp³-hybridized carbons (Fsp3) is 0.382. The van der Waals surface area contributed by atoms with Crippen molar-refractivity contribution in [1.82, 2.24) is 20.1 Å². The van der Waals surface area contributed by atoms with Gasteiger partial charge in [0.1, 0.15) is 17.6 Å². The number of likely N-dealkylation sites (tertiary alicyclic amines) is 2. The summed E-state index contributed by atoms with van der Waals surface area (Å²) in [6, 6.07) is 17.1. The molecule has 0 radical (unpaired) electrons. The maximum Gasteiger partial charge on any atom is 0.272 e. The Morgan fingerprint density at radius 1 is 1.02 bits per heavy atom. The van der Waals surface area contributed by atoms with E-state index in [0.29, 0.717) is 62.3 Å². The number of pyridine rings is 1. The van der Waals surface area contributed by atoms with Gasteiger partial charge in [0, 0.05) is 50.4 Å². The van der Waals surface area contributed by atoms with E-state index < -0.39 is 18.1 Å². The predicted molar refractivity (Wildman–Crippen MR) is 162 cm³/mol. The Hall–Kier alpha value is -4.62. The lowest BCUT2D eigenvalue weighted by atomic mass is 9.88. The number of hydrogen-bond donors (Lipinski definition) is 1. The van der Waals surface area contributed by atoms with Crippen molar-refractivity contribution in [3.8, 4) is 11.8 Å². The van der Waals surface area contributed by atoms with Crippen LogP contribution in [0.4, 0.5) is 4.39 Å². The number of nitrogens with one attached hydrogen (secondary N) is 1. The molecule has 2 atom stereocenters. The van der Waals surface area contributed by atoms with Crippen LogP contribution < -0.4 is 10.1 Å². The molecule has 2 saturated heterocycles. The Labute approximate surface area is 256 Å². The van der Waals surface area contributed by atoms with Crippen LogP contribution in [0.15, 0.2) is 60.8 Å². The monoisotopic (exact) mass is 597 g/mol. The smallest absolute Gasteiger partial charge is 0.272 e. The first-order chi connectivity index (χ1) is 21.2. The van der Waals surface area contributed by atoms with Gasteiger partial charge in [0.25, 0.3) is 11.8 Å². The number of nitriles is 1. The zero-order chi connectivity index (χ0) is 31.2. The Morgan fingerprint density at radius 2 is 1.75 bits per heavy atom. The van der Waals surface area contributed by atoms with Gasteiger partial charge in [-0.1, -0.05) is 6.07 Å². The molecule has 3 heterocycles. The van der Waals surface area contributed by atoms with Crippen molar-refractivity contribution in [1.29, 1.82) is 5.26 Å². The third kappa shape index (κ3) is 7.12. The first kappa shape index (κ1) is 30.8. The second-order valence-corrected chi connectivity index (χ2v) is 11.5. The lowest BCUT2D eigenvalue weighted by molar-refractivity contribution is 0.0645. The van der Waals surface area contributed by atoms with Crippen LogP contribution in [0.5, 0.6) is 5.75 Å². The Kier molecular flexibility index (Phi) is 9.65. The van der Waals surface area contributed by atoms with Gasteiger partial charge < -0.3 is 15.0 Å². The average molecular weight is 598 g/mol. The molecule has 0 spiro atoms. The molecule has 5 rings (SSSR count). The van der Waals surface area contributed by atoms with Crippen LogP contribution in [-0.4, -0.2) is 77.9 Å². The fourth-order valence-electron chi connectivity index (χ4n) is 5.86. The van der Waals surface area contributed by atoms with E-state index in [1.165, 1.54) is 18.3 Å². The standard InChI is InChI=1S/C34H36FN5O4/c1-22-17-23(18-36)3-4-27(22)20-39-14-13-30(29(35)21-39)38-33(42)26-7-10-31(37-19-26)34(43)40-15-11-25(12-16-40)32(41)24-5-8-28(44-2)9-6-24/h3-10,17,19,25,29-30H,11-16,20-21H2,1-2H3,(H,38,42). The number of hydrogen-bond acceptors (Lipinski definition) is 7. The molecule has 1 N–H and O–H groups in total. The maximum absolute atomic E-state index is 15.1. The number of carbonyl (C=O) groups excluding carboxylic acids is 3. The summed E-state index contributed by atoms with van der Waals surface area (Å²) < 4.78 is 20.2. The van der Waals surface area contributed by atoms with E-state index in [1.54, 1.807) is 42.3 Å². The van der Waals surface area contributed by atoms with E-state index >= 15 is 4.39 Å². The summed E-state index contributed by atoms with van der Waals surface area (Å²) in [5.74, 6) is -0.0784. The van der Waals surface area contributed by atoms with Gasteiger partial charge in [0.15, 0.2) is 5.78 Å². The lowest BCUT2D eigenvalue weighted by Crippen LogP contribution is -2.52. The SMILES string of the molecule is COc1ccc(C(=O)C2CCN(C(=O)c3ccc(C(=O)NC4CCN(Cc5ccc(C#N)cc5C)CC4F)cn3)CC2)cc1. The number of rotatable bonds is 8. The number of benzene rings is 2. The highest BCUT2D eigenvalue weighted by molar-refractivity contribution is 5.99. The number of ketones is 1. The van der Waals surface area contributed by atoms with Crippen molar-refractivity contribution >= 4 is 17.6 Å². The van der Waals surface area contributed by atoms with Gasteiger partial charge in [0.05, 0.1) is 30.3 Å². The van der Waals surface area contributed by atoms with Crippen molar-refractivity contribution in [3.05, 3.63) is 94.3 Å². The molecule has 1 aromatic heterocycles. The zero-order valence-electron chi connectivity index (χ0n) is 25.0. The Morgan fingerprint density at radius 3 is 2.36 bits per heavy atom. The molecule has 2 amide bonds. The maximum atomic E-state index is 15.1. The van der Waals surface area contributed by atoms with Crippen molar-refractivity contribution in [2.75, 3.05) is 33.3 Å². The third-order valence-electron chi connectivity index (χ3n) is 8.58. The number of amides is 2. The van der Waals surface area contributed by atoms with Gasteiger partial charge in [-0.15, -0.1) is 0 Å². The van der Waals surface area contributed by atoms with E-state index in [-0.39, 0.29) is 35.4 Å². The topological polar surface area (TPSA) is 116 Å². The van der Waals surface area contributed by atoms with Crippen LogP contribution in [0.1, 0.15) is 67.2 Å². The number of methoxy groups -OCH3 is 1. The molecule has 0 bridgehead atoms. The highest BCUT2D eigenvalue weighted by atomic mass is 19.1. The first-order valence-electron chi connectivity index (χ1n) is 14.9. The molecule has 2 aliphatic rings. The summed E-state index contributed by atoms with van der Waals surface area (Å²) in [6.45, 7) is 4.22. The number of piperidine rings is 2. The second-order valence-electron chi connectivity index (χ2n) is 11.5. The summed E-state index contributed by atoms with van der Waals surface area (Å²) in [4.78, 5) is 46.8. The van der Waals surface area contributed by atoms with Gasteiger partial charge in [-0.2, -0.15) is 5.26 Å². The first-order valence-corrected chi connectivity index (χ1v) is 14.9. The molecule has 2 fully saturated rings. The van der Waals surface area contributed by atoms with Crippen molar-refractivity contribution in [3.63, 3.8) is 0 Å². The summed E-state index contributed by atoms with van der Waals surface area (Å²) in [5, 5.41) is 11.9. The van der Waals surface area contributed by atoms with Gasteiger partial charge in [-0.05, 0) is 85.8 Å². The Bertz CT molecular complexity index is 1550. The van der Waals surface area contributed by atoms with Gasteiger partial charge in [0.2, 0.25) is 0 Å². The number of aromatic nitrogens is 1. The van der Waals surface area contributed by atoms with E-state index in [2.05, 4.69) is 16.4 Å². The van der Waals surface area contributed by atoms with Crippen molar-refractivity contribution in [2.45, 2.75) is 44.9 Å². The molecule has 9 nitrogen and oxygen atoms in total. The van der Waals surface area contributed by atoms with E-state index in [9.17, 15) is 14.4 Å². The largest absolute Gasteiger partial charge is 0.497 e. The summed E-state index contributed by atoms with van der Waals surface area (Å²) in [6.07, 6.45) is 1.70. The highest BCUT2D eigenvalue weighted by Gasteiger charge is 2.32. The molecular formula is C34H36FN5O4. The number of nitrogens with zero attached hydrogens (tertiary/aromatic N) is 4. The van der Waals surface area contributed by atoms with Gasteiger partial charge in [-0.3, -0.25) is 24.3 Å². The number of aryl methyl sites for hydroxylation is 1. The molecule has 3 aromatic rings. The van der Waals surface area contributed by atoms with E-state index in [4.69, 9.17) is 10.00 Å². The normalized spacial score (nSPS) is 19.2.